The van der Waals surface area contributed by atoms with E-state index < -0.39 is 6.09 Å². The van der Waals surface area contributed by atoms with Crippen molar-refractivity contribution in [2.75, 3.05) is 26.7 Å². The van der Waals surface area contributed by atoms with Crippen LogP contribution < -0.4 is 16.0 Å². The molecule has 5 aromatic rings. The smallest absolute Gasteiger partial charge is 0.407 e. The number of imidazole rings is 2. The van der Waals surface area contributed by atoms with Crippen LogP contribution in [0.25, 0.3) is 41.4 Å². The minimum atomic E-state index is -0.635. The maximum absolute atomic E-state index is 12.8. The van der Waals surface area contributed by atoms with E-state index in [1.807, 2.05) is 38.3 Å². The van der Waals surface area contributed by atoms with Gasteiger partial charge in [0.05, 0.1) is 46.9 Å². The number of carbonyl (C=O) groups excluding carboxylic acids is 4. The Kier molecular flexibility index (Phi) is 10.4. The Morgan fingerprint density at radius 3 is 2.65 bits per heavy atom. The summed E-state index contributed by atoms with van der Waals surface area (Å²) in [5.74, 6) is 1.23. The first-order chi connectivity index (χ1) is 23.8. The molecule has 0 bridgehead atoms. The van der Waals surface area contributed by atoms with Gasteiger partial charge in [-0.2, -0.15) is 0 Å². The van der Waals surface area contributed by atoms with Gasteiger partial charge in [-0.3, -0.25) is 14.4 Å². The summed E-state index contributed by atoms with van der Waals surface area (Å²) in [5, 5.41) is 8.05. The van der Waals surface area contributed by atoms with E-state index in [4.69, 9.17) is 4.98 Å². The van der Waals surface area contributed by atoms with Crippen molar-refractivity contribution in [3.05, 3.63) is 60.3 Å². The number of nitrogens with zero attached hydrogens (tertiary/aromatic N) is 3. The molecular weight excluding hydrogens is 665 g/mol. The summed E-state index contributed by atoms with van der Waals surface area (Å²) in [4.78, 5) is 66.8. The predicted octanol–water partition coefficient (Wildman–Crippen LogP) is 5.07. The van der Waals surface area contributed by atoms with E-state index in [0.717, 1.165) is 72.3 Å². The normalized spacial score (nSPS) is 16.0. The number of hydrogen-bond acceptors (Lipinski definition) is 9. The summed E-state index contributed by atoms with van der Waals surface area (Å²) in [6.07, 6.45) is 8.06. The molecule has 6 rings (SSSR count). The maximum Gasteiger partial charge on any atom is 0.407 e. The Balaban J connectivity index is 1.20. The van der Waals surface area contributed by atoms with Crippen LogP contribution in [0, 0.1) is 5.92 Å². The van der Waals surface area contributed by atoms with E-state index >= 15 is 0 Å². The van der Waals surface area contributed by atoms with Gasteiger partial charge in [0.15, 0.2) is 0 Å². The number of aromatic amines is 2. The number of ether oxygens (including phenoxy) is 1. The number of fused-ring (bicyclic) bond motifs is 2. The molecule has 3 atom stereocenters. The van der Waals surface area contributed by atoms with Crippen molar-refractivity contribution in [3.8, 4) is 21.0 Å². The first-order valence-corrected chi connectivity index (χ1v) is 17.7. The number of benzene rings is 1. The Labute approximate surface area is 290 Å². The van der Waals surface area contributed by atoms with Gasteiger partial charge in [-0.05, 0) is 48.6 Å². The third-order valence-electron chi connectivity index (χ3n) is 8.65. The van der Waals surface area contributed by atoms with Crippen LogP contribution in [-0.4, -0.2) is 82.4 Å². The molecule has 4 amide bonds. The molecule has 0 spiro atoms. The number of thiophene rings is 2. The molecule has 1 fully saturated rings. The van der Waals surface area contributed by atoms with Crippen molar-refractivity contribution in [2.45, 2.75) is 44.7 Å². The van der Waals surface area contributed by atoms with Crippen molar-refractivity contribution >= 4 is 67.9 Å². The van der Waals surface area contributed by atoms with Gasteiger partial charge in [-0.15, -0.1) is 22.7 Å². The van der Waals surface area contributed by atoms with E-state index in [9.17, 15) is 19.2 Å². The van der Waals surface area contributed by atoms with Gasteiger partial charge >= 0.3 is 6.09 Å². The largest absolute Gasteiger partial charge is 0.453 e. The Morgan fingerprint density at radius 2 is 1.90 bits per heavy atom. The lowest BCUT2D eigenvalue weighted by molar-refractivity contribution is -0.131. The number of aromatic nitrogens is 4. The summed E-state index contributed by atoms with van der Waals surface area (Å²) >= 11 is 3.40. The number of hydrogen-bond donors (Lipinski definition) is 5. The van der Waals surface area contributed by atoms with Crippen LogP contribution in [0.3, 0.4) is 0 Å². The number of alkyl carbamates (subject to hydrolysis) is 1. The molecule has 0 saturated carbocycles. The summed E-state index contributed by atoms with van der Waals surface area (Å²) in [6, 6.07) is 10.2. The predicted molar refractivity (Wildman–Crippen MR) is 190 cm³/mol. The number of likely N-dealkylation sites (tertiary alicyclic amines) is 1. The van der Waals surface area contributed by atoms with Crippen LogP contribution in [0.2, 0.25) is 0 Å². The van der Waals surface area contributed by atoms with Crippen LogP contribution in [0.4, 0.5) is 4.79 Å². The molecule has 1 aliphatic rings. The van der Waals surface area contributed by atoms with Crippen LogP contribution in [0.15, 0.2) is 48.7 Å². The zero-order chi connectivity index (χ0) is 34.5. The van der Waals surface area contributed by atoms with Gasteiger partial charge in [0.1, 0.15) is 18.2 Å². The number of nitrogens with one attached hydrogen (secondary N) is 5. The summed E-state index contributed by atoms with van der Waals surface area (Å²) < 4.78 is 6.90. The van der Waals surface area contributed by atoms with E-state index in [2.05, 4.69) is 59.9 Å². The molecule has 5 heterocycles. The third kappa shape index (κ3) is 7.37. The van der Waals surface area contributed by atoms with Crippen LogP contribution >= 0.6 is 22.7 Å². The van der Waals surface area contributed by atoms with E-state index in [-0.39, 0.29) is 36.4 Å². The van der Waals surface area contributed by atoms with Gasteiger partial charge in [0.25, 0.3) is 0 Å². The lowest BCUT2D eigenvalue weighted by atomic mass is 9.89. The number of amides is 4. The fraction of sp³-hybridized carbons (Fsp3) is 0.353. The lowest BCUT2D eigenvalue weighted by Crippen LogP contribution is -2.40. The highest BCUT2D eigenvalue weighted by atomic mass is 32.1. The summed E-state index contributed by atoms with van der Waals surface area (Å²) in [5.41, 5.74) is 3.70. The van der Waals surface area contributed by atoms with Gasteiger partial charge in [-0.25, -0.2) is 14.8 Å². The van der Waals surface area contributed by atoms with Crippen LogP contribution in [0.1, 0.15) is 50.3 Å². The Bertz CT molecular complexity index is 1960. The highest BCUT2D eigenvalue weighted by Gasteiger charge is 2.32. The quantitative estimate of drug-likeness (QED) is 0.0610. The zero-order valence-corrected chi connectivity index (χ0v) is 29.0. The van der Waals surface area contributed by atoms with Gasteiger partial charge in [-0.1, -0.05) is 32.1 Å². The van der Waals surface area contributed by atoms with Gasteiger partial charge in [0, 0.05) is 33.4 Å². The molecule has 1 aliphatic heterocycles. The molecule has 3 unspecified atom stereocenters. The second kappa shape index (κ2) is 15.0. The van der Waals surface area contributed by atoms with E-state index in [0.29, 0.717) is 19.5 Å². The third-order valence-corrected chi connectivity index (χ3v) is 11.0. The number of methoxy groups -OCH3 is 1. The molecule has 256 valence electrons. The number of rotatable bonds is 14. The fourth-order valence-corrected chi connectivity index (χ4v) is 8.61. The molecule has 49 heavy (non-hydrogen) atoms. The molecule has 13 nitrogen and oxygen atoms in total. The molecule has 15 heteroatoms. The van der Waals surface area contributed by atoms with Crippen molar-refractivity contribution in [1.82, 2.24) is 40.8 Å². The number of carbonyl (C=O) groups is 4. The zero-order valence-electron chi connectivity index (χ0n) is 27.3. The average molecular weight is 703 g/mol. The Morgan fingerprint density at radius 1 is 1.10 bits per heavy atom. The van der Waals surface area contributed by atoms with Crippen molar-refractivity contribution < 1.29 is 23.9 Å². The number of H-pyrrole nitrogens is 2. The monoisotopic (exact) mass is 702 g/mol. The minimum absolute atomic E-state index is 0.120. The summed E-state index contributed by atoms with van der Waals surface area (Å²) in [6.45, 7) is 4.97. The van der Waals surface area contributed by atoms with E-state index in [1.54, 1.807) is 27.6 Å². The highest BCUT2D eigenvalue weighted by molar-refractivity contribution is 7.31. The summed E-state index contributed by atoms with van der Waals surface area (Å²) in [7, 11) is 1.27. The maximum atomic E-state index is 12.8. The molecular formula is C34H38N8O5S2. The van der Waals surface area contributed by atoms with Crippen molar-refractivity contribution in [1.29, 1.82) is 0 Å². The van der Waals surface area contributed by atoms with E-state index in [1.165, 1.54) is 7.11 Å². The average Bonchev–Trinajstić information content (AvgIpc) is 3.93. The van der Waals surface area contributed by atoms with Crippen LogP contribution in [-0.2, 0) is 19.1 Å². The molecule has 0 radical (unpaired) electrons. The Hall–Kier alpha value is -5.02. The first-order valence-electron chi connectivity index (χ1n) is 16.0. The van der Waals surface area contributed by atoms with Crippen LogP contribution in [0.5, 0.6) is 0 Å². The standard InChI is InChI=1S/C34H38N8O5S2/c1-19(2)31(38-18-44)21(6-4-10-35-17-43)32-39-22-9-8-20(12-23(22)40-32)26-13-28-29(48-26)14-27(49-28)24-15-36-33(41-24)25-7-5-11-42(25)30(45)16-37-34(46)47-3/h4,6,8-9,12-15,17-19,21,25,31H,5,7,10-11,16H2,1-3H3,(H,35,43)(H,36,41)(H,37,46)(H,38,44)(H,39,40)/b6-4-. The first kappa shape index (κ1) is 33.9. The van der Waals surface area contributed by atoms with Crippen molar-refractivity contribution in [3.63, 3.8) is 0 Å². The van der Waals surface area contributed by atoms with Gasteiger partial charge < -0.3 is 35.6 Å². The molecule has 1 aromatic carbocycles. The minimum Gasteiger partial charge on any atom is -0.453 e. The topological polar surface area (TPSA) is 174 Å². The molecule has 4 aromatic heterocycles. The van der Waals surface area contributed by atoms with Gasteiger partial charge in [0.2, 0.25) is 18.7 Å². The lowest BCUT2D eigenvalue weighted by Gasteiger charge is -2.26. The molecule has 5 N–H and O–H groups in total. The molecule has 0 aliphatic carbocycles. The second-order valence-corrected chi connectivity index (χ2v) is 14.3. The fourth-order valence-electron chi connectivity index (χ4n) is 6.25. The highest BCUT2D eigenvalue weighted by Crippen LogP contribution is 2.42. The molecule has 1 saturated heterocycles. The second-order valence-electron chi connectivity index (χ2n) is 12.1. The SMILES string of the molecule is COC(=O)NCC(=O)N1CCCC1c1ncc(-c2cc3sc(-c4ccc5nc(C(/C=C\CNC=O)C(NC=O)C(C)C)[nH]c5c4)cc3s2)[nH]1. The van der Waals surface area contributed by atoms with Crippen molar-refractivity contribution in [2.24, 2.45) is 5.92 Å².